The third kappa shape index (κ3) is 6.79. The van der Waals surface area contributed by atoms with Gasteiger partial charge in [0.2, 0.25) is 0 Å². The van der Waals surface area contributed by atoms with E-state index in [-0.39, 0.29) is 25.5 Å². The number of aliphatic hydroxyl groups excluding tert-OH is 3. The van der Waals surface area contributed by atoms with E-state index in [1.807, 2.05) is 0 Å². The van der Waals surface area contributed by atoms with Gasteiger partial charge in [0.25, 0.3) is 0 Å². The average Bonchev–Trinajstić information content (AvgIpc) is 2.46. The molecule has 0 aliphatic carbocycles. The maximum Gasteiger partial charge on any atom is 0.313 e. The Bertz CT molecular complexity index is 392. The van der Waals surface area contributed by atoms with Crippen molar-refractivity contribution in [3.8, 4) is 0 Å². The fraction of sp³-hybridized carbons (Fsp3) is 0.643. The molecule has 22 heavy (non-hydrogen) atoms. The molecule has 0 amide bonds. The first-order valence-corrected chi connectivity index (χ1v) is 6.78. The van der Waals surface area contributed by atoms with E-state index in [1.165, 1.54) is 13.0 Å². The van der Waals surface area contributed by atoms with Crippen LogP contribution < -0.4 is 0 Å². The van der Waals surface area contributed by atoms with Gasteiger partial charge >= 0.3 is 11.9 Å². The monoisotopic (exact) mass is 318 g/mol. The van der Waals surface area contributed by atoms with E-state index in [4.69, 9.17) is 9.84 Å². The van der Waals surface area contributed by atoms with Crippen LogP contribution in [0.5, 0.6) is 0 Å². The van der Waals surface area contributed by atoms with Crippen molar-refractivity contribution in [3.05, 3.63) is 12.7 Å². The fourth-order valence-corrected chi connectivity index (χ4v) is 1.76. The SMILES string of the molecule is C=CC(CCCC(=O)O)C(=O)O[C@@H]([C@@H](O)[C@H](O)C=O)[C@H](C)O. The van der Waals surface area contributed by atoms with E-state index < -0.39 is 42.3 Å². The quantitative estimate of drug-likeness (QED) is 0.222. The van der Waals surface area contributed by atoms with E-state index >= 15 is 0 Å². The number of carboxylic acid groups (broad SMARTS) is 1. The summed E-state index contributed by atoms with van der Waals surface area (Å²) in [5.41, 5.74) is 0. The Morgan fingerprint density at radius 3 is 2.27 bits per heavy atom. The first kappa shape index (κ1) is 20.2. The minimum atomic E-state index is -1.80. The molecule has 126 valence electrons. The highest BCUT2D eigenvalue weighted by Crippen LogP contribution is 2.16. The third-order valence-electron chi connectivity index (χ3n) is 3.05. The number of rotatable bonds is 11. The van der Waals surface area contributed by atoms with Gasteiger partial charge in [-0.2, -0.15) is 0 Å². The summed E-state index contributed by atoms with van der Waals surface area (Å²) in [6.45, 7) is 4.68. The first-order chi connectivity index (χ1) is 10.2. The van der Waals surface area contributed by atoms with Crippen LogP contribution in [0.1, 0.15) is 26.2 Å². The molecule has 8 heteroatoms. The summed E-state index contributed by atoms with van der Waals surface area (Å²) in [5.74, 6) is -2.65. The molecule has 0 heterocycles. The number of hydrogen-bond acceptors (Lipinski definition) is 7. The molecule has 0 aromatic carbocycles. The van der Waals surface area contributed by atoms with Gasteiger partial charge in [-0.25, -0.2) is 0 Å². The molecule has 0 saturated carbocycles. The molecular weight excluding hydrogens is 296 g/mol. The lowest BCUT2D eigenvalue weighted by Gasteiger charge is -2.27. The van der Waals surface area contributed by atoms with E-state index in [2.05, 4.69) is 6.58 Å². The van der Waals surface area contributed by atoms with Crippen LogP contribution in [0.4, 0.5) is 0 Å². The normalized spacial score (nSPS) is 17.6. The number of carboxylic acids is 1. The van der Waals surface area contributed by atoms with E-state index in [1.54, 1.807) is 0 Å². The molecule has 8 nitrogen and oxygen atoms in total. The molecular formula is C14H22O8. The number of carbonyl (C=O) groups excluding carboxylic acids is 2. The predicted molar refractivity (Wildman–Crippen MR) is 74.8 cm³/mol. The van der Waals surface area contributed by atoms with E-state index in [0.717, 1.165) is 0 Å². The predicted octanol–water partition coefficient (Wildman–Crippen LogP) is -0.743. The van der Waals surface area contributed by atoms with Crippen molar-refractivity contribution < 1.29 is 39.5 Å². The molecule has 0 aromatic rings. The van der Waals surface area contributed by atoms with Crippen molar-refractivity contribution in [2.45, 2.75) is 50.6 Å². The molecule has 0 aliphatic rings. The second kappa shape index (κ2) is 10.0. The van der Waals surface area contributed by atoms with Gasteiger partial charge in [-0.15, -0.1) is 6.58 Å². The van der Waals surface area contributed by atoms with Crippen LogP contribution in [-0.2, 0) is 19.1 Å². The van der Waals surface area contributed by atoms with Crippen molar-refractivity contribution in [1.82, 2.24) is 0 Å². The third-order valence-corrected chi connectivity index (χ3v) is 3.05. The smallest absolute Gasteiger partial charge is 0.313 e. The topological polar surface area (TPSA) is 141 Å². The lowest BCUT2D eigenvalue weighted by Crippen LogP contribution is -2.47. The van der Waals surface area contributed by atoms with Crippen LogP contribution in [0, 0.1) is 5.92 Å². The van der Waals surface area contributed by atoms with Gasteiger partial charge in [-0.3, -0.25) is 9.59 Å². The number of ether oxygens (including phenoxy) is 1. The van der Waals surface area contributed by atoms with Gasteiger partial charge in [-0.1, -0.05) is 6.08 Å². The molecule has 5 atom stereocenters. The second-order valence-corrected chi connectivity index (χ2v) is 4.89. The molecule has 0 rings (SSSR count). The Kier molecular flexibility index (Phi) is 9.23. The van der Waals surface area contributed by atoms with Crippen LogP contribution in [-0.4, -0.2) is 63.1 Å². The summed E-state index contributed by atoms with van der Waals surface area (Å²) in [6, 6.07) is 0. The molecule has 0 saturated heterocycles. The zero-order valence-electron chi connectivity index (χ0n) is 12.3. The lowest BCUT2D eigenvalue weighted by atomic mass is 10.0. The number of aldehydes is 1. The number of carbonyl (C=O) groups is 3. The largest absolute Gasteiger partial charge is 0.481 e. The highest BCUT2D eigenvalue weighted by molar-refractivity contribution is 5.75. The van der Waals surface area contributed by atoms with Gasteiger partial charge < -0.3 is 30.0 Å². The van der Waals surface area contributed by atoms with Gasteiger partial charge in [0, 0.05) is 6.42 Å². The molecule has 0 bridgehead atoms. The van der Waals surface area contributed by atoms with Crippen LogP contribution in [0.15, 0.2) is 12.7 Å². The average molecular weight is 318 g/mol. The lowest BCUT2D eigenvalue weighted by molar-refractivity contribution is -0.174. The van der Waals surface area contributed by atoms with E-state index in [9.17, 15) is 29.7 Å². The molecule has 4 N–H and O–H groups in total. The second-order valence-electron chi connectivity index (χ2n) is 4.89. The van der Waals surface area contributed by atoms with Crippen molar-refractivity contribution >= 4 is 18.2 Å². The number of aliphatic hydroxyl groups is 3. The number of hydrogen-bond donors (Lipinski definition) is 4. The molecule has 0 radical (unpaired) electrons. The zero-order chi connectivity index (χ0) is 17.3. The van der Waals surface area contributed by atoms with Gasteiger partial charge in [0.1, 0.15) is 12.2 Å². The van der Waals surface area contributed by atoms with Crippen molar-refractivity contribution in [1.29, 1.82) is 0 Å². The standard InChI is InChI=1S/C14H22O8/c1-3-9(5-4-6-11(18)19)14(21)22-13(8(2)16)12(20)10(17)7-15/h3,7-10,12-13,16-17,20H,1,4-6H2,2H3,(H,18,19)/t8-,9?,10+,12-,13+/m0/s1. The number of aliphatic carboxylic acids is 1. The minimum absolute atomic E-state index is 0.0612. The van der Waals surface area contributed by atoms with Crippen LogP contribution in [0.2, 0.25) is 0 Å². The van der Waals surface area contributed by atoms with Gasteiger partial charge in [0.15, 0.2) is 12.4 Å². The minimum Gasteiger partial charge on any atom is -0.481 e. The zero-order valence-corrected chi connectivity index (χ0v) is 12.3. The molecule has 0 spiro atoms. The molecule has 0 aromatic heterocycles. The van der Waals surface area contributed by atoms with Crippen LogP contribution in [0.3, 0.4) is 0 Å². The van der Waals surface area contributed by atoms with Crippen LogP contribution in [0.25, 0.3) is 0 Å². The summed E-state index contributed by atoms with van der Waals surface area (Å²) in [5, 5.41) is 37.0. The Morgan fingerprint density at radius 2 is 1.86 bits per heavy atom. The van der Waals surface area contributed by atoms with E-state index in [0.29, 0.717) is 0 Å². The van der Waals surface area contributed by atoms with Gasteiger partial charge in [0.05, 0.1) is 12.0 Å². The summed E-state index contributed by atoms with van der Waals surface area (Å²) >= 11 is 0. The van der Waals surface area contributed by atoms with Gasteiger partial charge in [-0.05, 0) is 19.8 Å². The number of esters is 1. The fourth-order valence-electron chi connectivity index (χ4n) is 1.76. The Hall–Kier alpha value is -1.77. The molecule has 0 fully saturated rings. The summed E-state index contributed by atoms with van der Waals surface area (Å²) in [7, 11) is 0. The summed E-state index contributed by atoms with van der Waals surface area (Å²) in [4.78, 5) is 32.8. The van der Waals surface area contributed by atoms with Crippen molar-refractivity contribution in [2.75, 3.05) is 0 Å². The first-order valence-electron chi connectivity index (χ1n) is 6.78. The Labute approximate surface area is 128 Å². The summed E-state index contributed by atoms with van der Waals surface area (Å²) in [6.07, 6.45) is -4.78. The Morgan fingerprint density at radius 1 is 1.27 bits per heavy atom. The maximum absolute atomic E-state index is 11.9. The highest BCUT2D eigenvalue weighted by atomic mass is 16.6. The molecule has 1 unspecified atom stereocenters. The van der Waals surface area contributed by atoms with Crippen molar-refractivity contribution in [3.63, 3.8) is 0 Å². The Balaban J connectivity index is 4.74. The highest BCUT2D eigenvalue weighted by Gasteiger charge is 2.34. The maximum atomic E-state index is 11.9. The molecule has 0 aliphatic heterocycles. The van der Waals surface area contributed by atoms with Crippen LogP contribution >= 0.6 is 0 Å². The summed E-state index contributed by atoms with van der Waals surface area (Å²) < 4.78 is 4.93. The van der Waals surface area contributed by atoms with Crippen molar-refractivity contribution in [2.24, 2.45) is 5.92 Å².